The molecule has 0 spiro atoms. The van der Waals surface area contributed by atoms with Gasteiger partial charge in [-0.3, -0.25) is 10.2 Å². The Morgan fingerprint density at radius 3 is 2.68 bits per heavy atom. The number of aromatic nitrogens is 2. The van der Waals surface area contributed by atoms with Gasteiger partial charge < -0.3 is 9.30 Å². The molecule has 2 aromatic rings. The summed E-state index contributed by atoms with van der Waals surface area (Å²) in [5, 5.41) is 8.24. The molecular formula is C16H18BrN3O2. The lowest BCUT2D eigenvalue weighted by molar-refractivity contribution is 0.0967. The minimum Gasteiger partial charge on any atom is -0.377 e. The minimum atomic E-state index is -0.0514. The second-order valence-electron chi connectivity index (χ2n) is 4.83. The number of rotatable bonds is 6. The lowest BCUT2D eigenvalue weighted by Gasteiger charge is -2.12. The maximum Gasteiger partial charge on any atom is 0.182 e. The highest BCUT2D eigenvalue weighted by Crippen LogP contribution is 2.11. The molecule has 5 nitrogen and oxygen atoms in total. The topological polar surface area (TPSA) is 68.0 Å². The van der Waals surface area contributed by atoms with E-state index in [1.165, 1.54) is 0 Å². The van der Waals surface area contributed by atoms with Crippen LogP contribution in [0.1, 0.15) is 28.7 Å². The van der Waals surface area contributed by atoms with Crippen molar-refractivity contribution in [2.45, 2.75) is 27.0 Å². The Labute approximate surface area is 137 Å². The minimum absolute atomic E-state index is 0.0514. The van der Waals surface area contributed by atoms with E-state index in [0.717, 1.165) is 4.47 Å². The summed E-state index contributed by atoms with van der Waals surface area (Å²) in [6.07, 6.45) is 1.63. The van der Waals surface area contributed by atoms with Gasteiger partial charge in [0.05, 0.1) is 13.2 Å². The lowest BCUT2D eigenvalue weighted by atomic mass is 10.1. The highest BCUT2D eigenvalue weighted by molar-refractivity contribution is 9.10. The Morgan fingerprint density at radius 2 is 2.05 bits per heavy atom. The molecule has 1 heterocycles. The number of carbonyl (C=O) groups excluding carboxylic acids is 1. The summed E-state index contributed by atoms with van der Waals surface area (Å²) in [7, 11) is 0. The van der Waals surface area contributed by atoms with Crippen molar-refractivity contribution in [3.05, 3.63) is 57.4 Å². The summed E-state index contributed by atoms with van der Waals surface area (Å²) in [6, 6.07) is 7.19. The Balaban J connectivity index is 2.26. The number of ether oxygens (including phenoxy) is 1. The molecular weight excluding hydrogens is 346 g/mol. The standard InChI is InChI=1S/C16H18BrN3O2/c1-3-22-10-13-8-19-11(2)20(16(13)18)9-15(21)12-4-6-14(17)7-5-12/h4-8,18H,3,9-10H2,1-2H3. The van der Waals surface area contributed by atoms with Crippen LogP contribution in [-0.4, -0.2) is 21.9 Å². The lowest BCUT2D eigenvalue weighted by Crippen LogP contribution is -2.30. The van der Waals surface area contributed by atoms with E-state index in [2.05, 4.69) is 20.9 Å². The summed E-state index contributed by atoms with van der Waals surface area (Å²) < 4.78 is 7.87. The first-order valence-electron chi connectivity index (χ1n) is 6.99. The van der Waals surface area contributed by atoms with Gasteiger partial charge in [0, 0.05) is 28.4 Å². The van der Waals surface area contributed by atoms with Gasteiger partial charge in [-0.05, 0) is 26.0 Å². The van der Waals surface area contributed by atoms with Crippen molar-refractivity contribution in [3.8, 4) is 0 Å². The van der Waals surface area contributed by atoms with Crippen LogP contribution in [0.2, 0.25) is 0 Å². The largest absolute Gasteiger partial charge is 0.377 e. The molecule has 116 valence electrons. The summed E-state index contributed by atoms with van der Waals surface area (Å²) >= 11 is 3.35. The van der Waals surface area contributed by atoms with Crippen LogP contribution in [-0.2, 0) is 17.9 Å². The molecule has 2 rings (SSSR count). The monoisotopic (exact) mass is 363 g/mol. The predicted octanol–water partition coefficient (Wildman–Crippen LogP) is 2.85. The van der Waals surface area contributed by atoms with E-state index in [-0.39, 0.29) is 17.8 Å². The maximum absolute atomic E-state index is 12.4. The average molecular weight is 364 g/mol. The van der Waals surface area contributed by atoms with E-state index in [1.54, 1.807) is 29.8 Å². The number of aryl methyl sites for hydroxylation is 1. The van der Waals surface area contributed by atoms with Gasteiger partial charge in [0.25, 0.3) is 0 Å². The number of benzene rings is 1. The summed E-state index contributed by atoms with van der Waals surface area (Å²) in [5.74, 6) is 0.583. The molecule has 0 saturated heterocycles. The van der Waals surface area contributed by atoms with Crippen LogP contribution in [0.25, 0.3) is 0 Å². The quantitative estimate of drug-likeness (QED) is 0.802. The van der Waals surface area contributed by atoms with Crippen LogP contribution in [0.3, 0.4) is 0 Å². The first-order chi connectivity index (χ1) is 10.5. The van der Waals surface area contributed by atoms with Gasteiger partial charge >= 0.3 is 0 Å². The smallest absolute Gasteiger partial charge is 0.182 e. The van der Waals surface area contributed by atoms with Gasteiger partial charge in [0.2, 0.25) is 0 Å². The van der Waals surface area contributed by atoms with Crippen LogP contribution in [0.5, 0.6) is 0 Å². The number of Topliss-reactive ketones (excluding diaryl/α,β-unsaturated/α-hetero) is 1. The van der Waals surface area contributed by atoms with E-state index < -0.39 is 0 Å². The molecule has 0 aliphatic heterocycles. The van der Waals surface area contributed by atoms with E-state index in [1.807, 2.05) is 19.1 Å². The zero-order valence-electron chi connectivity index (χ0n) is 12.6. The molecule has 0 aliphatic rings. The normalized spacial score (nSPS) is 10.7. The van der Waals surface area contributed by atoms with Crippen molar-refractivity contribution in [3.63, 3.8) is 0 Å². The second kappa shape index (κ2) is 7.47. The van der Waals surface area contributed by atoms with E-state index in [9.17, 15) is 4.79 Å². The van der Waals surface area contributed by atoms with Crippen LogP contribution in [0.4, 0.5) is 0 Å². The predicted molar refractivity (Wildman–Crippen MR) is 86.6 cm³/mol. The van der Waals surface area contributed by atoms with Crippen molar-refractivity contribution in [1.29, 1.82) is 5.41 Å². The molecule has 0 saturated carbocycles. The maximum atomic E-state index is 12.4. The first kappa shape index (κ1) is 16.6. The third-order valence-electron chi connectivity index (χ3n) is 3.30. The number of ketones is 1. The Morgan fingerprint density at radius 1 is 1.36 bits per heavy atom. The van der Waals surface area contributed by atoms with E-state index >= 15 is 0 Å². The van der Waals surface area contributed by atoms with Crippen molar-refractivity contribution >= 4 is 21.7 Å². The molecule has 0 unspecified atom stereocenters. The number of halogens is 1. The van der Waals surface area contributed by atoms with Crippen molar-refractivity contribution in [1.82, 2.24) is 9.55 Å². The molecule has 0 atom stereocenters. The second-order valence-corrected chi connectivity index (χ2v) is 5.75. The fraction of sp³-hybridized carbons (Fsp3) is 0.312. The molecule has 0 amide bonds. The van der Waals surface area contributed by atoms with E-state index in [4.69, 9.17) is 10.1 Å². The van der Waals surface area contributed by atoms with Crippen molar-refractivity contribution < 1.29 is 9.53 Å². The third kappa shape index (κ3) is 3.90. The SMILES string of the molecule is CCOCc1cnc(C)n(CC(=O)c2ccc(Br)cc2)c1=N. The Kier molecular flexibility index (Phi) is 5.63. The van der Waals surface area contributed by atoms with E-state index in [0.29, 0.717) is 30.2 Å². The molecule has 6 heteroatoms. The summed E-state index contributed by atoms with van der Waals surface area (Å²) in [4.78, 5) is 16.6. The van der Waals surface area contributed by atoms with Crippen LogP contribution in [0, 0.1) is 12.3 Å². The average Bonchev–Trinajstić information content (AvgIpc) is 2.51. The summed E-state index contributed by atoms with van der Waals surface area (Å²) in [5.41, 5.74) is 1.56. The first-order valence-corrected chi connectivity index (χ1v) is 7.78. The Bertz CT molecular complexity index is 723. The van der Waals surface area contributed by atoms with Gasteiger partial charge in [-0.1, -0.05) is 28.1 Å². The van der Waals surface area contributed by atoms with Crippen molar-refractivity contribution in [2.75, 3.05) is 6.61 Å². The van der Waals surface area contributed by atoms with Crippen LogP contribution >= 0.6 is 15.9 Å². The van der Waals surface area contributed by atoms with Gasteiger partial charge in [-0.15, -0.1) is 0 Å². The molecule has 22 heavy (non-hydrogen) atoms. The Hall–Kier alpha value is -1.79. The zero-order chi connectivity index (χ0) is 16.1. The van der Waals surface area contributed by atoms with Gasteiger partial charge in [-0.2, -0.15) is 0 Å². The molecule has 1 N–H and O–H groups in total. The highest BCUT2D eigenvalue weighted by Gasteiger charge is 2.11. The fourth-order valence-corrected chi connectivity index (χ4v) is 2.28. The van der Waals surface area contributed by atoms with Crippen LogP contribution < -0.4 is 5.49 Å². The van der Waals surface area contributed by atoms with Crippen molar-refractivity contribution in [2.24, 2.45) is 0 Å². The summed E-state index contributed by atoms with van der Waals surface area (Å²) in [6.45, 7) is 4.69. The molecule has 0 fully saturated rings. The number of carbonyl (C=O) groups is 1. The number of nitrogens with zero attached hydrogens (tertiary/aromatic N) is 2. The van der Waals surface area contributed by atoms with Gasteiger partial charge in [-0.25, -0.2) is 4.98 Å². The molecule has 1 aromatic carbocycles. The molecule has 1 aromatic heterocycles. The highest BCUT2D eigenvalue weighted by atomic mass is 79.9. The molecule has 0 aliphatic carbocycles. The number of hydrogen-bond donors (Lipinski definition) is 1. The van der Waals surface area contributed by atoms with Crippen LogP contribution in [0.15, 0.2) is 34.9 Å². The van der Waals surface area contributed by atoms with Gasteiger partial charge in [0.15, 0.2) is 5.78 Å². The number of nitrogens with one attached hydrogen (secondary N) is 1. The fourth-order valence-electron chi connectivity index (χ4n) is 2.02. The third-order valence-corrected chi connectivity index (χ3v) is 3.83. The number of hydrogen-bond acceptors (Lipinski definition) is 4. The zero-order valence-corrected chi connectivity index (χ0v) is 14.2. The molecule has 0 bridgehead atoms. The van der Waals surface area contributed by atoms with Gasteiger partial charge in [0.1, 0.15) is 11.3 Å². The molecule has 0 radical (unpaired) electrons.